The van der Waals surface area contributed by atoms with E-state index in [1.165, 1.54) is 0 Å². The van der Waals surface area contributed by atoms with Crippen molar-refractivity contribution >= 4 is 36.4 Å². The zero-order valence-electron chi connectivity index (χ0n) is 14.4. The maximum atomic E-state index is 12.5. The molecule has 0 aliphatic heterocycles. The molecule has 1 amide bonds. The van der Waals surface area contributed by atoms with Crippen LogP contribution >= 0.6 is 24.8 Å². The van der Waals surface area contributed by atoms with Crippen LogP contribution in [0.1, 0.15) is 28.3 Å². The quantitative estimate of drug-likeness (QED) is 0.689. The highest BCUT2D eigenvalue weighted by Gasteiger charge is 2.34. The van der Waals surface area contributed by atoms with Crippen LogP contribution < -0.4 is 11.1 Å². The predicted octanol–water partition coefficient (Wildman–Crippen LogP) is 4.05. The molecule has 140 valence electrons. The average molecular weight is 403 g/mol. The largest absolute Gasteiger partial charge is 0.327 e. The normalized spacial score (nSPS) is 17.2. The number of carbonyl (C=O) groups excluding carboxylic acids is 1. The van der Waals surface area contributed by atoms with Gasteiger partial charge in [-0.15, -0.1) is 24.8 Å². The van der Waals surface area contributed by atoms with Gasteiger partial charge in [0, 0.05) is 41.2 Å². The predicted molar refractivity (Wildman–Crippen MR) is 112 cm³/mol. The summed E-state index contributed by atoms with van der Waals surface area (Å²) < 4.78 is 0. The Kier molecular flexibility index (Phi) is 6.91. The van der Waals surface area contributed by atoms with Gasteiger partial charge in [-0.3, -0.25) is 4.79 Å². The first-order chi connectivity index (χ1) is 12.2. The highest BCUT2D eigenvalue weighted by Crippen LogP contribution is 2.39. The van der Waals surface area contributed by atoms with Crippen LogP contribution in [0.4, 0.5) is 5.69 Å². The van der Waals surface area contributed by atoms with Crippen LogP contribution in [-0.2, 0) is 0 Å². The number of nitrogens with two attached hydrogens (primary N) is 1. The molecular weight excluding hydrogens is 383 g/mol. The number of rotatable bonds is 4. The molecule has 3 N–H and O–H groups in total. The van der Waals surface area contributed by atoms with Gasteiger partial charge in [-0.05, 0) is 54.4 Å². The monoisotopic (exact) mass is 402 g/mol. The maximum absolute atomic E-state index is 12.5. The lowest BCUT2D eigenvalue weighted by Gasteiger charge is -2.08. The van der Waals surface area contributed by atoms with Crippen molar-refractivity contribution in [2.75, 3.05) is 5.32 Å². The zero-order chi connectivity index (χ0) is 17.2. The van der Waals surface area contributed by atoms with Gasteiger partial charge < -0.3 is 11.1 Å². The van der Waals surface area contributed by atoms with Crippen molar-refractivity contribution in [1.82, 2.24) is 9.97 Å². The first-order valence-electron chi connectivity index (χ1n) is 8.25. The minimum Gasteiger partial charge on any atom is -0.327 e. The van der Waals surface area contributed by atoms with E-state index in [0.717, 1.165) is 23.2 Å². The number of hydrogen-bond acceptors (Lipinski definition) is 4. The topological polar surface area (TPSA) is 80.9 Å². The summed E-state index contributed by atoms with van der Waals surface area (Å²) in [4.78, 5) is 20.9. The Morgan fingerprint density at radius 1 is 1.00 bits per heavy atom. The fourth-order valence-electron chi connectivity index (χ4n) is 2.86. The number of halogens is 2. The van der Waals surface area contributed by atoms with E-state index in [2.05, 4.69) is 15.3 Å². The Labute approximate surface area is 170 Å². The van der Waals surface area contributed by atoms with Gasteiger partial charge in [0.05, 0.1) is 0 Å². The van der Waals surface area contributed by atoms with E-state index in [4.69, 9.17) is 5.73 Å². The smallest absolute Gasteiger partial charge is 0.255 e. The summed E-state index contributed by atoms with van der Waals surface area (Å²) in [7, 11) is 0. The van der Waals surface area contributed by atoms with Gasteiger partial charge in [-0.25, -0.2) is 9.97 Å². The van der Waals surface area contributed by atoms with E-state index in [-0.39, 0.29) is 36.8 Å². The summed E-state index contributed by atoms with van der Waals surface area (Å²) in [6.45, 7) is 0. The van der Waals surface area contributed by atoms with Crippen LogP contribution in [0, 0.1) is 0 Å². The Balaban J connectivity index is 0.00000131. The number of hydrogen-bond donors (Lipinski definition) is 2. The van der Waals surface area contributed by atoms with Crippen molar-refractivity contribution in [1.29, 1.82) is 0 Å². The summed E-state index contributed by atoms with van der Waals surface area (Å²) in [6, 6.07) is 17.2. The standard InChI is InChI=1S/C20H18N4O.2ClH/c21-18-12-17(18)14-3-1-4-15(11-14)20(25)24-16-7-5-13(6-8-16)19-22-9-2-10-23-19;;/h1-11,17-18H,12,21H2,(H,24,25);2*1H. The van der Waals surface area contributed by atoms with Gasteiger partial charge in [0.15, 0.2) is 5.82 Å². The number of anilines is 1. The molecule has 2 atom stereocenters. The van der Waals surface area contributed by atoms with Crippen LogP contribution in [0.2, 0.25) is 0 Å². The average Bonchev–Trinajstić information content (AvgIpc) is 3.40. The number of amides is 1. The van der Waals surface area contributed by atoms with Gasteiger partial charge in [-0.2, -0.15) is 0 Å². The van der Waals surface area contributed by atoms with Crippen molar-refractivity contribution in [3.63, 3.8) is 0 Å². The molecule has 3 aromatic rings. The van der Waals surface area contributed by atoms with Gasteiger partial charge >= 0.3 is 0 Å². The van der Waals surface area contributed by atoms with E-state index in [1.54, 1.807) is 18.5 Å². The molecule has 0 spiro atoms. The molecule has 2 aromatic carbocycles. The molecule has 1 aliphatic rings. The summed E-state index contributed by atoms with van der Waals surface area (Å²) in [5.41, 5.74) is 9.32. The van der Waals surface area contributed by atoms with Crippen LogP contribution in [0.15, 0.2) is 67.0 Å². The third-order valence-electron chi connectivity index (χ3n) is 4.38. The molecule has 1 saturated carbocycles. The van der Waals surface area contributed by atoms with E-state index < -0.39 is 0 Å². The highest BCUT2D eigenvalue weighted by molar-refractivity contribution is 6.04. The third kappa shape index (κ3) is 4.83. The van der Waals surface area contributed by atoms with Crippen molar-refractivity contribution in [3.8, 4) is 11.4 Å². The van der Waals surface area contributed by atoms with Crippen LogP contribution in [0.25, 0.3) is 11.4 Å². The summed E-state index contributed by atoms with van der Waals surface area (Å²) in [6.07, 6.45) is 4.40. The first-order valence-corrected chi connectivity index (χ1v) is 8.25. The molecular formula is C20H20Cl2N4O. The number of benzene rings is 2. The maximum Gasteiger partial charge on any atom is 0.255 e. The second-order valence-electron chi connectivity index (χ2n) is 6.24. The number of carbonyl (C=O) groups is 1. The molecule has 27 heavy (non-hydrogen) atoms. The van der Waals surface area contributed by atoms with Crippen LogP contribution in [-0.4, -0.2) is 21.9 Å². The second-order valence-corrected chi connectivity index (χ2v) is 6.24. The molecule has 2 unspecified atom stereocenters. The lowest BCUT2D eigenvalue weighted by molar-refractivity contribution is 0.102. The first kappa shape index (κ1) is 20.8. The van der Waals surface area contributed by atoms with Crippen molar-refractivity contribution in [2.24, 2.45) is 5.73 Å². The SMILES string of the molecule is Cl.Cl.NC1CC1c1cccc(C(=O)Nc2ccc(-c3ncccn3)cc2)c1. The lowest BCUT2D eigenvalue weighted by Crippen LogP contribution is -2.12. The Hall–Kier alpha value is -2.47. The fraction of sp³-hybridized carbons (Fsp3) is 0.150. The zero-order valence-corrected chi connectivity index (χ0v) is 16.0. The molecule has 1 aliphatic carbocycles. The summed E-state index contributed by atoms with van der Waals surface area (Å²) >= 11 is 0. The second kappa shape index (κ2) is 8.95. The highest BCUT2D eigenvalue weighted by atomic mass is 35.5. The molecule has 1 heterocycles. The molecule has 1 fully saturated rings. The Bertz CT molecular complexity index is 903. The van der Waals surface area contributed by atoms with E-state index in [9.17, 15) is 4.79 Å². The Morgan fingerprint density at radius 2 is 1.67 bits per heavy atom. The molecule has 0 saturated heterocycles. The molecule has 1 aromatic heterocycles. The third-order valence-corrected chi connectivity index (χ3v) is 4.38. The molecule has 0 radical (unpaired) electrons. The molecule has 7 heteroatoms. The minimum atomic E-state index is -0.125. The van der Waals surface area contributed by atoms with Crippen LogP contribution in [0.5, 0.6) is 0 Å². The molecule has 0 bridgehead atoms. The summed E-state index contributed by atoms with van der Waals surface area (Å²) in [5, 5.41) is 2.92. The van der Waals surface area contributed by atoms with Gasteiger partial charge in [0.2, 0.25) is 0 Å². The van der Waals surface area contributed by atoms with E-state index in [1.807, 2.05) is 48.5 Å². The van der Waals surface area contributed by atoms with Crippen molar-refractivity contribution in [2.45, 2.75) is 18.4 Å². The van der Waals surface area contributed by atoms with Crippen LogP contribution in [0.3, 0.4) is 0 Å². The number of nitrogens with zero attached hydrogens (tertiary/aromatic N) is 2. The lowest BCUT2D eigenvalue weighted by atomic mass is 10.1. The summed E-state index contributed by atoms with van der Waals surface area (Å²) in [5.74, 6) is 0.923. The van der Waals surface area contributed by atoms with Crippen molar-refractivity contribution < 1.29 is 4.79 Å². The van der Waals surface area contributed by atoms with Gasteiger partial charge in [0.25, 0.3) is 5.91 Å². The van der Waals surface area contributed by atoms with Crippen molar-refractivity contribution in [3.05, 3.63) is 78.1 Å². The number of nitrogens with one attached hydrogen (secondary N) is 1. The minimum absolute atomic E-state index is 0. The Morgan fingerprint density at radius 3 is 2.30 bits per heavy atom. The van der Waals surface area contributed by atoms with E-state index >= 15 is 0 Å². The number of aromatic nitrogens is 2. The molecule has 5 nitrogen and oxygen atoms in total. The molecule has 4 rings (SSSR count). The van der Waals surface area contributed by atoms with E-state index in [0.29, 0.717) is 17.3 Å². The van der Waals surface area contributed by atoms with Gasteiger partial charge in [-0.1, -0.05) is 12.1 Å². The van der Waals surface area contributed by atoms with Gasteiger partial charge in [0.1, 0.15) is 0 Å². The fourth-order valence-corrected chi connectivity index (χ4v) is 2.86.